The third-order valence-corrected chi connectivity index (χ3v) is 6.11. The second-order valence-electron chi connectivity index (χ2n) is 8.10. The molecule has 1 N–H and O–H groups in total. The zero-order valence-electron chi connectivity index (χ0n) is 17.3. The van der Waals surface area contributed by atoms with E-state index in [1.165, 1.54) is 6.07 Å². The van der Waals surface area contributed by atoms with Crippen LogP contribution in [-0.4, -0.2) is 30.2 Å². The summed E-state index contributed by atoms with van der Waals surface area (Å²) in [7, 11) is 0. The van der Waals surface area contributed by atoms with E-state index >= 15 is 0 Å². The number of nitrogens with one attached hydrogen (secondary N) is 1. The van der Waals surface area contributed by atoms with Crippen LogP contribution in [0.3, 0.4) is 0 Å². The van der Waals surface area contributed by atoms with Crippen molar-refractivity contribution in [1.29, 1.82) is 0 Å². The van der Waals surface area contributed by atoms with Crippen molar-refractivity contribution in [1.82, 2.24) is 4.98 Å². The average molecular weight is 414 g/mol. The number of hydrogen-bond donors (Lipinski definition) is 1. The quantitative estimate of drug-likeness (QED) is 0.614. The molecule has 3 heterocycles. The number of aliphatic imine (C=N–C) groups is 1. The molecule has 5 nitrogen and oxygen atoms in total. The molecule has 5 rings (SSSR count). The van der Waals surface area contributed by atoms with Crippen molar-refractivity contribution >= 4 is 29.2 Å². The van der Waals surface area contributed by atoms with Crippen LogP contribution in [0.1, 0.15) is 35.1 Å². The van der Waals surface area contributed by atoms with E-state index < -0.39 is 5.92 Å². The minimum Gasteiger partial charge on any atom is -0.368 e. The Kier molecular flexibility index (Phi) is 4.98. The number of nitrogens with zero attached hydrogens (tertiary/aromatic N) is 3. The van der Waals surface area contributed by atoms with Crippen LogP contribution in [0.5, 0.6) is 0 Å². The Balaban J connectivity index is 1.32. The number of carbonyl (C=O) groups excluding carboxylic acids is 1. The zero-order valence-corrected chi connectivity index (χ0v) is 17.3. The van der Waals surface area contributed by atoms with Crippen molar-refractivity contribution in [2.24, 2.45) is 4.99 Å². The van der Waals surface area contributed by atoms with Crippen LogP contribution in [0.15, 0.2) is 65.8 Å². The Morgan fingerprint density at radius 2 is 2.10 bits per heavy atom. The van der Waals surface area contributed by atoms with Gasteiger partial charge in [-0.15, -0.1) is 0 Å². The summed E-state index contributed by atoms with van der Waals surface area (Å²) in [5, 5.41) is 2.88. The third-order valence-electron chi connectivity index (χ3n) is 6.11. The second kappa shape index (κ2) is 7.95. The van der Waals surface area contributed by atoms with Crippen molar-refractivity contribution in [3.63, 3.8) is 0 Å². The Hall–Kier alpha value is -3.54. The summed E-state index contributed by atoms with van der Waals surface area (Å²) in [6, 6.07) is 16.7. The number of anilines is 2. The summed E-state index contributed by atoms with van der Waals surface area (Å²) in [5.41, 5.74) is 4.92. The molecule has 0 spiro atoms. The Morgan fingerprint density at radius 1 is 1.19 bits per heavy atom. The van der Waals surface area contributed by atoms with Gasteiger partial charge in [0.25, 0.3) is 0 Å². The van der Waals surface area contributed by atoms with Gasteiger partial charge in [0.1, 0.15) is 11.7 Å². The summed E-state index contributed by atoms with van der Waals surface area (Å²) in [5.74, 6) is -0.564. The standard InChI is InChI=1S/C25H23FN4O/c1-16-5-4-7-22-24(16)19(25(31)29-22)14-28-18-8-9-23(20(26)13-18)30-12-10-17(15-30)21-6-2-3-11-27-21/h2-9,11,13-14,17,19H,10,12,15H2,1H3,(H,29,31). The molecule has 2 aromatic carbocycles. The number of fused-ring (bicyclic) bond motifs is 1. The predicted molar refractivity (Wildman–Crippen MR) is 121 cm³/mol. The fourth-order valence-corrected chi connectivity index (χ4v) is 4.52. The van der Waals surface area contributed by atoms with Crippen LogP contribution in [0.2, 0.25) is 0 Å². The molecule has 2 aliphatic rings. The molecule has 2 atom stereocenters. The Morgan fingerprint density at radius 3 is 2.90 bits per heavy atom. The van der Waals surface area contributed by atoms with Crippen LogP contribution < -0.4 is 10.2 Å². The molecule has 156 valence electrons. The minimum atomic E-state index is -0.461. The molecule has 2 unspecified atom stereocenters. The number of halogens is 1. The molecule has 0 aliphatic carbocycles. The highest BCUT2D eigenvalue weighted by Crippen LogP contribution is 2.35. The highest BCUT2D eigenvalue weighted by molar-refractivity contribution is 6.13. The summed E-state index contributed by atoms with van der Waals surface area (Å²) >= 11 is 0. The molecular formula is C25H23FN4O. The van der Waals surface area contributed by atoms with Gasteiger partial charge in [0, 0.05) is 48.9 Å². The number of aryl methyl sites for hydroxylation is 1. The molecular weight excluding hydrogens is 391 g/mol. The minimum absolute atomic E-state index is 0.109. The van der Waals surface area contributed by atoms with Gasteiger partial charge in [-0.05, 0) is 54.8 Å². The van der Waals surface area contributed by atoms with Gasteiger partial charge in [-0.2, -0.15) is 0 Å². The largest absolute Gasteiger partial charge is 0.368 e. The van der Waals surface area contributed by atoms with Gasteiger partial charge in [-0.3, -0.25) is 14.8 Å². The van der Waals surface area contributed by atoms with Crippen LogP contribution in [-0.2, 0) is 4.79 Å². The van der Waals surface area contributed by atoms with E-state index in [0.717, 1.165) is 42.0 Å². The number of amides is 1. The van der Waals surface area contributed by atoms with Gasteiger partial charge in [-0.1, -0.05) is 18.2 Å². The van der Waals surface area contributed by atoms with Gasteiger partial charge in [-0.25, -0.2) is 4.39 Å². The van der Waals surface area contributed by atoms with E-state index in [9.17, 15) is 9.18 Å². The lowest BCUT2D eigenvalue weighted by Gasteiger charge is -2.19. The number of pyridine rings is 1. The topological polar surface area (TPSA) is 57.6 Å². The van der Waals surface area contributed by atoms with Crippen LogP contribution in [0.4, 0.5) is 21.5 Å². The smallest absolute Gasteiger partial charge is 0.237 e. The number of rotatable bonds is 4. The van der Waals surface area contributed by atoms with Crippen LogP contribution >= 0.6 is 0 Å². The molecule has 0 radical (unpaired) electrons. The third kappa shape index (κ3) is 3.69. The maximum Gasteiger partial charge on any atom is 0.237 e. The van der Waals surface area contributed by atoms with Crippen molar-refractivity contribution < 1.29 is 9.18 Å². The first kappa shape index (κ1) is 19.4. The summed E-state index contributed by atoms with van der Waals surface area (Å²) < 4.78 is 14.9. The fraction of sp³-hybridized carbons (Fsp3) is 0.240. The lowest BCUT2D eigenvalue weighted by Crippen LogP contribution is -2.20. The van der Waals surface area contributed by atoms with Gasteiger partial charge >= 0.3 is 0 Å². The van der Waals surface area contributed by atoms with Crippen molar-refractivity contribution in [2.75, 3.05) is 23.3 Å². The van der Waals surface area contributed by atoms with E-state index in [4.69, 9.17) is 0 Å². The second-order valence-corrected chi connectivity index (χ2v) is 8.10. The maximum atomic E-state index is 14.9. The Bertz CT molecular complexity index is 1160. The number of hydrogen-bond acceptors (Lipinski definition) is 4. The van der Waals surface area contributed by atoms with Crippen LogP contribution in [0, 0.1) is 12.7 Å². The number of carbonyl (C=O) groups is 1. The summed E-state index contributed by atoms with van der Waals surface area (Å²) in [4.78, 5) is 23.3. The fourth-order valence-electron chi connectivity index (χ4n) is 4.52. The monoisotopic (exact) mass is 414 g/mol. The molecule has 0 bridgehead atoms. The maximum absolute atomic E-state index is 14.9. The van der Waals surface area contributed by atoms with E-state index in [1.807, 2.05) is 43.3 Å². The average Bonchev–Trinajstić information content (AvgIpc) is 3.38. The SMILES string of the molecule is Cc1cccc2c1C(C=Nc1ccc(N3CCC(c4ccccn4)C3)c(F)c1)C(=O)N2. The Labute approximate surface area is 180 Å². The molecule has 2 aliphatic heterocycles. The van der Waals surface area contributed by atoms with E-state index in [1.54, 1.807) is 24.5 Å². The molecule has 1 fully saturated rings. The van der Waals surface area contributed by atoms with E-state index in [2.05, 4.69) is 20.2 Å². The predicted octanol–water partition coefficient (Wildman–Crippen LogP) is 4.96. The molecule has 6 heteroatoms. The van der Waals surface area contributed by atoms with E-state index in [-0.39, 0.29) is 11.7 Å². The van der Waals surface area contributed by atoms with Gasteiger partial charge in [0.15, 0.2) is 0 Å². The highest BCUT2D eigenvalue weighted by Gasteiger charge is 2.30. The first-order chi connectivity index (χ1) is 15.1. The van der Waals surface area contributed by atoms with Crippen molar-refractivity contribution in [3.05, 3.63) is 83.4 Å². The molecule has 1 aromatic heterocycles. The molecule has 1 saturated heterocycles. The number of benzene rings is 2. The van der Waals surface area contributed by atoms with Crippen molar-refractivity contribution in [2.45, 2.75) is 25.2 Å². The zero-order chi connectivity index (χ0) is 21.4. The molecule has 31 heavy (non-hydrogen) atoms. The lowest BCUT2D eigenvalue weighted by atomic mass is 9.97. The van der Waals surface area contributed by atoms with Crippen molar-refractivity contribution in [3.8, 4) is 0 Å². The van der Waals surface area contributed by atoms with Gasteiger partial charge in [0.05, 0.1) is 11.4 Å². The summed E-state index contributed by atoms with van der Waals surface area (Å²) in [6.07, 6.45) is 4.36. The van der Waals surface area contributed by atoms with Gasteiger partial charge < -0.3 is 10.2 Å². The normalized spacial score (nSPS) is 20.3. The van der Waals surface area contributed by atoms with Gasteiger partial charge in [0.2, 0.25) is 5.91 Å². The molecule has 3 aromatic rings. The van der Waals surface area contributed by atoms with Crippen LogP contribution in [0.25, 0.3) is 0 Å². The highest BCUT2D eigenvalue weighted by atomic mass is 19.1. The summed E-state index contributed by atoms with van der Waals surface area (Å²) in [6.45, 7) is 3.51. The first-order valence-corrected chi connectivity index (χ1v) is 10.5. The number of aromatic nitrogens is 1. The molecule has 1 amide bonds. The van der Waals surface area contributed by atoms with E-state index in [0.29, 0.717) is 17.3 Å². The first-order valence-electron chi connectivity index (χ1n) is 10.5. The lowest BCUT2D eigenvalue weighted by molar-refractivity contribution is -0.115. The molecule has 0 saturated carbocycles.